The van der Waals surface area contributed by atoms with Crippen molar-refractivity contribution in [1.82, 2.24) is 0 Å². The summed E-state index contributed by atoms with van der Waals surface area (Å²) < 4.78 is 11.2. The minimum absolute atomic E-state index is 0.135. The van der Waals surface area contributed by atoms with Gasteiger partial charge in [0.05, 0.1) is 6.61 Å². The van der Waals surface area contributed by atoms with Crippen LogP contribution in [-0.2, 0) is 0 Å². The summed E-state index contributed by atoms with van der Waals surface area (Å²) in [4.78, 5) is 11.3. The first-order valence-corrected chi connectivity index (χ1v) is 6.35. The van der Waals surface area contributed by atoms with Gasteiger partial charge in [-0.2, -0.15) is 0 Å². The summed E-state index contributed by atoms with van der Waals surface area (Å²) in [6.45, 7) is 4.23. The van der Waals surface area contributed by atoms with Gasteiger partial charge in [-0.15, -0.1) is 0 Å². The molecule has 104 valence electrons. The SMILES string of the molecule is CCOc1ccccc1Oc1ccc(C)cc1C(=O)O. The Labute approximate surface area is 117 Å². The third-order valence-corrected chi connectivity index (χ3v) is 2.73. The molecule has 4 heteroatoms. The molecular weight excluding hydrogens is 256 g/mol. The van der Waals surface area contributed by atoms with Gasteiger partial charge in [-0.3, -0.25) is 0 Å². The highest BCUT2D eigenvalue weighted by atomic mass is 16.5. The molecule has 0 amide bonds. The highest BCUT2D eigenvalue weighted by Crippen LogP contribution is 2.33. The van der Waals surface area contributed by atoms with Gasteiger partial charge in [-0.25, -0.2) is 4.79 Å². The van der Waals surface area contributed by atoms with Crippen LogP contribution in [0.1, 0.15) is 22.8 Å². The topological polar surface area (TPSA) is 55.8 Å². The molecule has 0 bridgehead atoms. The summed E-state index contributed by atoms with van der Waals surface area (Å²) in [6.07, 6.45) is 0. The lowest BCUT2D eigenvalue weighted by Gasteiger charge is -2.13. The lowest BCUT2D eigenvalue weighted by molar-refractivity contribution is 0.0694. The number of carboxylic acid groups (broad SMARTS) is 1. The molecule has 0 spiro atoms. The van der Waals surface area contributed by atoms with E-state index in [1.165, 1.54) is 0 Å². The Morgan fingerprint density at radius 2 is 1.80 bits per heavy atom. The van der Waals surface area contributed by atoms with Crippen LogP contribution in [-0.4, -0.2) is 17.7 Å². The van der Waals surface area contributed by atoms with Gasteiger partial charge in [0.2, 0.25) is 0 Å². The van der Waals surface area contributed by atoms with Gasteiger partial charge < -0.3 is 14.6 Å². The van der Waals surface area contributed by atoms with Crippen LogP contribution in [0.5, 0.6) is 17.2 Å². The molecule has 2 aromatic rings. The number of hydrogen-bond acceptors (Lipinski definition) is 3. The fourth-order valence-electron chi connectivity index (χ4n) is 1.83. The fourth-order valence-corrected chi connectivity index (χ4v) is 1.83. The highest BCUT2D eigenvalue weighted by Gasteiger charge is 2.14. The van der Waals surface area contributed by atoms with Crippen LogP contribution in [0.4, 0.5) is 0 Å². The molecule has 0 aromatic heterocycles. The molecule has 0 aliphatic carbocycles. The molecular formula is C16H16O4. The maximum absolute atomic E-state index is 11.3. The standard InChI is InChI=1S/C16H16O4/c1-3-19-14-6-4-5-7-15(14)20-13-9-8-11(2)10-12(13)16(17)18/h4-10H,3H2,1-2H3,(H,17,18). The third-order valence-electron chi connectivity index (χ3n) is 2.73. The third kappa shape index (κ3) is 3.09. The Hall–Kier alpha value is -2.49. The van der Waals surface area contributed by atoms with Crippen LogP contribution in [0, 0.1) is 6.92 Å². The molecule has 20 heavy (non-hydrogen) atoms. The van der Waals surface area contributed by atoms with Gasteiger partial charge in [-0.05, 0) is 38.1 Å². The first kappa shape index (κ1) is 13.9. The number of para-hydroxylation sites is 2. The molecule has 0 aliphatic rings. The van der Waals surface area contributed by atoms with Crippen molar-refractivity contribution < 1.29 is 19.4 Å². The monoisotopic (exact) mass is 272 g/mol. The van der Waals surface area contributed by atoms with Gasteiger partial charge in [0.25, 0.3) is 0 Å². The zero-order chi connectivity index (χ0) is 14.5. The predicted molar refractivity (Wildman–Crippen MR) is 75.8 cm³/mol. The molecule has 0 saturated carbocycles. The van der Waals surface area contributed by atoms with Crippen molar-refractivity contribution in [3.05, 3.63) is 53.6 Å². The smallest absolute Gasteiger partial charge is 0.339 e. The van der Waals surface area contributed by atoms with E-state index in [4.69, 9.17) is 9.47 Å². The van der Waals surface area contributed by atoms with Crippen LogP contribution in [0.2, 0.25) is 0 Å². The Bertz CT molecular complexity index is 620. The Balaban J connectivity index is 2.37. The number of carboxylic acids is 1. The number of carbonyl (C=O) groups is 1. The first-order chi connectivity index (χ1) is 9.61. The van der Waals surface area contributed by atoms with Gasteiger partial charge >= 0.3 is 5.97 Å². The Morgan fingerprint density at radius 3 is 2.45 bits per heavy atom. The number of hydrogen-bond donors (Lipinski definition) is 1. The average Bonchev–Trinajstić information content (AvgIpc) is 2.43. The zero-order valence-electron chi connectivity index (χ0n) is 11.4. The maximum atomic E-state index is 11.3. The van der Waals surface area contributed by atoms with Crippen molar-refractivity contribution in [2.24, 2.45) is 0 Å². The average molecular weight is 272 g/mol. The molecule has 0 atom stereocenters. The van der Waals surface area contributed by atoms with E-state index >= 15 is 0 Å². The second-order valence-corrected chi connectivity index (χ2v) is 4.29. The van der Waals surface area contributed by atoms with Crippen molar-refractivity contribution in [2.45, 2.75) is 13.8 Å². The van der Waals surface area contributed by atoms with Crippen molar-refractivity contribution >= 4 is 5.97 Å². The Morgan fingerprint density at radius 1 is 1.10 bits per heavy atom. The van der Waals surface area contributed by atoms with Gasteiger partial charge in [0.1, 0.15) is 11.3 Å². The first-order valence-electron chi connectivity index (χ1n) is 6.35. The Kier molecular flexibility index (Phi) is 4.25. The maximum Gasteiger partial charge on any atom is 0.339 e. The fraction of sp³-hybridized carbons (Fsp3) is 0.188. The number of aryl methyl sites for hydroxylation is 1. The lowest BCUT2D eigenvalue weighted by Crippen LogP contribution is -2.01. The van der Waals surface area contributed by atoms with E-state index in [1.54, 1.807) is 24.3 Å². The normalized spacial score (nSPS) is 10.1. The minimum atomic E-state index is -1.02. The van der Waals surface area contributed by atoms with E-state index < -0.39 is 5.97 Å². The molecule has 0 saturated heterocycles. The van der Waals surface area contributed by atoms with Crippen LogP contribution < -0.4 is 9.47 Å². The predicted octanol–water partition coefficient (Wildman–Crippen LogP) is 3.88. The van der Waals surface area contributed by atoms with Crippen LogP contribution >= 0.6 is 0 Å². The second kappa shape index (κ2) is 6.10. The van der Waals surface area contributed by atoms with Crippen molar-refractivity contribution in [2.75, 3.05) is 6.61 Å². The van der Waals surface area contributed by atoms with E-state index in [-0.39, 0.29) is 5.56 Å². The summed E-state index contributed by atoms with van der Waals surface area (Å²) in [5.41, 5.74) is 1.00. The number of benzene rings is 2. The molecule has 1 N–H and O–H groups in total. The summed E-state index contributed by atoms with van der Waals surface area (Å²) in [6, 6.07) is 12.2. The van der Waals surface area contributed by atoms with Crippen LogP contribution in [0.3, 0.4) is 0 Å². The number of rotatable bonds is 5. The molecule has 0 aliphatic heterocycles. The van der Waals surface area contributed by atoms with Crippen molar-refractivity contribution in [1.29, 1.82) is 0 Å². The van der Waals surface area contributed by atoms with Gasteiger partial charge in [0, 0.05) is 0 Å². The summed E-state index contributed by atoms with van der Waals surface area (Å²) in [7, 11) is 0. The van der Waals surface area contributed by atoms with Gasteiger partial charge in [-0.1, -0.05) is 23.8 Å². The van der Waals surface area contributed by atoms with Crippen LogP contribution in [0.15, 0.2) is 42.5 Å². The summed E-state index contributed by atoms with van der Waals surface area (Å²) in [5, 5.41) is 9.23. The molecule has 0 radical (unpaired) electrons. The second-order valence-electron chi connectivity index (χ2n) is 4.29. The summed E-state index contributed by atoms with van der Waals surface area (Å²) in [5.74, 6) is 0.375. The molecule has 2 rings (SSSR count). The van der Waals surface area contributed by atoms with E-state index in [2.05, 4.69) is 0 Å². The van der Waals surface area contributed by atoms with E-state index in [0.29, 0.717) is 23.9 Å². The largest absolute Gasteiger partial charge is 0.490 e. The molecule has 0 unspecified atom stereocenters. The highest BCUT2D eigenvalue weighted by molar-refractivity contribution is 5.91. The van der Waals surface area contributed by atoms with Gasteiger partial charge in [0.15, 0.2) is 11.5 Å². The number of aromatic carboxylic acids is 1. The van der Waals surface area contributed by atoms with Crippen LogP contribution in [0.25, 0.3) is 0 Å². The lowest BCUT2D eigenvalue weighted by atomic mass is 10.1. The van der Waals surface area contributed by atoms with Crippen molar-refractivity contribution in [3.8, 4) is 17.2 Å². The summed E-state index contributed by atoms with van der Waals surface area (Å²) >= 11 is 0. The van der Waals surface area contributed by atoms with E-state index in [1.807, 2.05) is 32.0 Å². The molecule has 0 heterocycles. The van der Waals surface area contributed by atoms with Crippen molar-refractivity contribution in [3.63, 3.8) is 0 Å². The molecule has 0 fully saturated rings. The minimum Gasteiger partial charge on any atom is -0.490 e. The quantitative estimate of drug-likeness (QED) is 0.897. The zero-order valence-corrected chi connectivity index (χ0v) is 11.4. The molecule has 4 nitrogen and oxygen atoms in total. The molecule has 2 aromatic carbocycles. The number of ether oxygens (including phenoxy) is 2. The van der Waals surface area contributed by atoms with E-state index in [0.717, 1.165) is 5.56 Å². The van der Waals surface area contributed by atoms with E-state index in [9.17, 15) is 9.90 Å².